The van der Waals surface area contributed by atoms with Gasteiger partial charge in [-0.15, -0.1) is 0 Å². The third-order valence-electron chi connectivity index (χ3n) is 1.69. The Kier molecular flexibility index (Phi) is 3.22. The van der Waals surface area contributed by atoms with Crippen LogP contribution in [0.5, 0.6) is 0 Å². The highest BCUT2D eigenvalue weighted by molar-refractivity contribution is 6.30. The zero-order valence-electron chi connectivity index (χ0n) is 6.80. The van der Waals surface area contributed by atoms with Gasteiger partial charge in [0.25, 0.3) is 5.92 Å². The smallest absolute Gasteiger partial charge is 0.275 e. The summed E-state index contributed by atoms with van der Waals surface area (Å²) in [6, 6.07) is 5.33. The lowest BCUT2D eigenvalue weighted by atomic mass is 10.1. The highest BCUT2D eigenvalue weighted by atomic mass is 35.5. The van der Waals surface area contributed by atoms with E-state index < -0.39 is 19.0 Å². The Hall–Kier alpha value is -0.670. The second-order valence-electron chi connectivity index (χ2n) is 2.68. The van der Waals surface area contributed by atoms with Crippen LogP contribution < -0.4 is 0 Å². The normalized spacial score (nSPS) is 11.7. The summed E-state index contributed by atoms with van der Waals surface area (Å²) < 4.78 is 26.2. The minimum absolute atomic E-state index is 0.119. The van der Waals surface area contributed by atoms with Crippen LogP contribution >= 0.6 is 11.6 Å². The lowest BCUT2D eigenvalue weighted by Crippen LogP contribution is -2.14. The molecule has 1 rings (SSSR count). The third kappa shape index (κ3) is 2.64. The molecule has 1 aromatic rings. The predicted octanol–water partition coefficient (Wildman–Crippen LogP) is 2.81. The molecule has 0 spiro atoms. The molecule has 1 N–H and O–H groups in total. The number of aliphatic hydroxyl groups excluding tert-OH is 1. The summed E-state index contributed by atoms with van der Waals surface area (Å²) in [6.07, 6.45) is -0.561. The Balaban J connectivity index is 2.87. The van der Waals surface area contributed by atoms with E-state index in [0.29, 0.717) is 5.02 Å². The van der Waals surface area contributed by atoms with Gasteiger partial charge in [0, 0.05) is 23.6 Å². The molecule has 72 valence electrons. The van der Waals surface area contributed by atoms with Gasteiger partial charge in [-0.2, -0.15) is 0 Å². The molecule has 0 heterocycles. The van der Waals surface area contributed by atoms with Gasteiger partial charge in [0.1, 0.15) is 0 Å². The maximum absolute atomic E-state index is 13.1. The topological polar surface area (TPSA) is 20.2 Å². The average Bonchev–Trinajstić information content (AvgIpc) is 2.05. The molecule has 13 heavy (non-hydrogen) atoms. The Morgan fingerprint density at radius 3 is 2.23 bits per heavy atom. The Morgan fingerprint density at radius 2 is 1.77 bits per heavy atom. The van der Waals surface area contributed by atoms with Gasteiger partial charge in [0.05, 0.1) is 0 Å². The van der Waals surface area contributed by atoms with Crippen molar-refractivity contribution >= 4 is 11.6 Å². The monoisotopic (exact) mass is 206 g/mol. The third-order valence-corrected chi connectivity index (χ3v) is 1.94. The summed E-state index contributed by atoms with van der Waals surface area (Å²) in [4.78, 5) is 0. The Bertz CT molecular complexity index is 271. The van der Waals surface area contributed by atoms with Gasteiger partial charge in [0.15, 0.2) is 0 Å². The van der Waals surface area contributed by atoms with E-state index in [1.54, 1.807) is 0 Å². The molecular formula is C9H9ClF2O. The van der Waals surface area contributed by atoms with E-state index in [-0.39, 0.29) is 5.56 Å². The summed E-state index contributed by atoms with van der Waals surface area (Å²) >= 11 is 5.54. The first-order valence-electron chi connectivity index (χ1n) is 3.81. The maximum atomic E-state index is 13.1. The second-order valence-corrected chi connectivity index (χ2v) is 3.12. The standard InChI is InChI=1S/C9H9ClF2O/c10-8-3-1-7(2-4-8)9(11,12)5-6-13/h1-4,13H,5-6H2. The van der Waals surface area contributed by atoms with Crippen molar-refractivity contribution in [1.29, 1.82) is 0 Å². The lowest BCUT2D eigenvalue weighted by molar-refractivity contribution is -0.0269. The lowest BCUT2D eigenvalue weighted by Gasteiger charge is -2.14. The van der Waals surface area contributed by atoms with Crippen LogP contribution in [0.2, 0.25) is 5.02 Å². The van der Waals surface area contributed by atoms with Crippen LogP contribution in [0.3, 0.4) is 0 Å². The van der Waals surface area contributed by atoms with Crippen molar-refractivity contribution in [2.75, 3.05) is 6.61 Å². The largest absolute Gasteiger partial charge is 0.396 e. The first kappa shape index (κ1) is 10.4. The van der Waals surface area contributed by atoms with Crippen LogP contribution in [0.1, 0.15) is 12.0 Å². The van der Waals surface area contributed by atoms with Crippen LogP contribution in [0.25, 0.3) is 0 Å². The quantitative estimate of drug-likeness (QED) is 0.807. The van der Waals surface area contributed by atoms with Crippen LogP contribution in [0.4, 0.5) is 8.78 Å². The predicted molar refractivity (Wildman–Crippen MR) is 47.0 cm³/mol. The summed E-state index contributed by atoms with van der Waals surface area (Å²) in [5, 5.41) is 8.83. The van der Waals surface area contributed by atoms with Gasteiger partial charge in [-0.25, -0.2) is 8.78 Å². The second kappa shape index (κ2) is 4.03. The van der Waals surface area contributed by atoms with Crippen molar-refractivity contribution in [3.8, 4) is 0 Å². The number of rotatable bonds is 3. The number of hydrogen-bond acceptors (Lipinski definition) is 1. The molecule has 4 heteroatoms. The van der Waals surface area contributed by atoms with Crippen molar-refractivity contribution in [2.24, 2.45) is 0 Å². The van der Waals surface area contributed by atoms with Gasteiger partial charge in [-0.3, -0.25) is 0 Å². The summed E-state index contributed by atoms with van der Waals surface area (Å²) in [5.41, 5.74) is -0.119. The van der Waals surface area contributed by atoms with E-state index in [1.165, 1.54) is 24.3 Å². The van der Waals surface area contributed by atoms with E-state index in [4.69, 9.17) is 16.7 Å². The van der Waals surface area contributed by atoms with Crippen LogP contribution in [0.15, 0.2) is 24.3 Å². The summed E-state index contributed by atoms with van der Waals surface area (Å²) in [6.45, 7) is -0.532. The van der Waals surface area contributed by atoms with Crippen LogP contribution in [0, 0.1) is 0 Å². The van der Waals surface area contributed by atoms with Crippen molar-refractivity contribution in [1.82, 2.24) is 0 Å². The molecule has 0 aliphatic heterocycles. The van der Waals surface area contributed by atoms with Crippen molar-refractivity contribution in [2.45, 2.75) is 12.3 Å². The SMILES string of the molecule is OCCC(F)(F)c1ccc(Cl)cc1. The molecule has 0 bridgehead atoms. The van der Waals surface area contributed by atoms with E-state index in [2.05, 4.69) is 0 Å². The number of hydrogen-bond donors (Lipinski definition) is 1. The number of aliphatic hydroxyl groups is 1. The molecule has 0 aliphatic carbocycles. The molecule has 0 saturated carbocycles. The van der Waals surface area contributed by atoms with Crippen molar-refractivity contribution < 1.29 is 13.9 Å². The summed E-state index contributed by atoms with van der Waals surface area (Å²) in [7, 11) is 0. The average molecular weight is 207 g/mol. The molecular weight excluding hydrogens is 198 g/mol. The molecule has 0 amide bonds. The fraction of sp³-hybridized carbons (Fsp3) is 0.333. The molecule has 0 radical (unpaired) electrons. The molecule has 1 nitrogen and oxygen atoms in total. The minimum Gasteiger partial charge on any atom is -0.396 e. The highest BCUT2D eigenvalue weighted by Gasteiger charge is 2.30. The van der Waals surface area contributed by atoms with E-state index in [1.807, 2.05) is 0 Å². The molecule has 0 aliphatic rings. The zero-order chi connectivity index (χ0) is 9.90. The molecule has 0 unspecified atom stereocenters. The zero-order valence-corrected chi connectivity index (χ0v) is 7.56. The highest BCUT2D eigenvalue weighted by Crippen LogP contribution is 2.31. The molecule has 0 atom stereocenters. The number of benzene rings is 1. The van der Waals surface area contributed by atoms with Crippen LogP contribution in [-0.4, -0.2) is 11.7 Å². The van der Waals surface area contributed by atoms with E-state index >= 15 is 0 Å². The summed E-state index contributed by atoms with van der Waals surface area (Å²) in [5.74, 6) is -2.97. The van der Waals surface area contributed by atoms with Gasteiger partial charge < -0.3 is 5.11 Å². The van der Waals surface area contributed by atoms with Crippen LogP contribution in [-0.2, 0) is 5.92 Å². The fourth-order valence-electron chi connectivity index (χ4n) is 0.978. The van der Waals surface area contributed by atoms with E-state index in [9.17, 15) is 8.78 Å². The first-order chi connectivity index (χ1) is 6.06. The van der Waals surface area contributed by atoms with Crippen molar-refractivity contribution in [3.05, 3.63) is 34.9 Å². The van der Waals surface area contributed by atoms with Gasteiger partial charge >= 0.3 is 0 Å². The van der Waals surface area contributed by atoms with E-state index in [0.717, 1.165) is 0 Å². The molecule has 0 fully saturated rings. The maximum Gasteiger partial charge on any atom is 0.275 e. The number of halogens is 3. The molecule has 1 aromatic carbocycles. The number of alkyl halides is 2. The molecule has 0 saturated heterocycles. The Morgan fingerprint density at radius 1 is 1.23 bits per heavy atom. The Labute approximate surface area is 80.0 Å². The van der Waals surface area contributed by atoms with Gasteiger partial charge in [-0.1, -0.05) is 23.7 Å². The van der Waals surface area contributed by atoms with Crippen molar-refractivity contribution in [3.63, 3.8) is 0 Å². The minimum atomic E-state index is -2.97. The van der Waals surface area contributed by atoms with Gasteiger partial charge in [0.2, 0.25) is 0 Å². The van der Waals surface area contributed by atoms with Gasteiger partial charge in [-0.05, 0) is 12.1 Å². The first-order valence-corrected chi connectivity index (χ1v) is 4.19. The molecule has 0 aromatic heterocycles. The fourth-order valence-corrected chi connectivity index (χ4v) is 1.10.